The average molecular weight is 127 g/mol. The van der Waals surface area contributed by atoms with Crippen LogP contribution in [0.2, 0.25) is 0 Å². The Hall–Kier alpha value is 0.359. The van der Waals surface area contributed by atoms with Gasteiger partial charge in [0, 0.05) is 17.1 Å². The Bertz CT molecular complexity index is 3.61. The maximum Gasteiger partial charge on any atom is 0 e. The molecule has 0 amide bonds. The minimum Gasteiger partial charge on any atom is -0.412 e. The molecule has 0 fully saturated rings. The third-order valence-electron chi connectivity index (χ3n) is 0. The average Bonchev–Trinajstić information content (AvgIpc) is 0. The van der Waals surface area contributed by atoms with Crippen LogP contribution in [0.5, 0.6) is 0 Å². The summed E-state index contributed by atoms with van der Waals surface area (Å²) in [6, 6.07) is 0. The zero-order valence-corrected chi connectivity index (χ0v) is 3.56. The molecule has 5 heteroatoms. The fourth-order valence-corrected chi connectivity index (χ4v) is 0. The molecule has 0 aromatic carbocycles. The molecule has 0 atom stereocenters. The summed E-state index contributed by atoms with van der Waals surface area (Å²) in [6.45, 7) is 0. The topological polar surface area (TPSA) is 126 Å². The molecule has 0 aliphatic heterocycles. The maximum absolute atomic E-state index is 0. The molecular weight excluding hydrogens is 119 g/mol. The first-order valence-electron chi connectivity index (χ1n) is 0. The predicted octanol–water partition coefficient (Wildman–Crippen LogP) is -3.30. The van der Waals surface area contributed by atoms with Crippen molar-refractivity contribution in [1.82, 2.24) is 0 Å². The smallest absolute Gasteiger partial charge is 0 e. The second-order valence-electron chi connectivity index (χ2n) is 0. The van der Waals surface area contributed by atoms with Gasteiger partial charge < -0.3 is 21.9 Å². The van der Waals surface area contributed by atoms with Crippen molar-refractivity contribution >= 4 is 0 Å². The van der Waals surface area contributed by atoms with Gasteiger partial charge in [-0.1, -0.05) is 0 Å². The molecule has 0 aromatic heterocycles. The van der Waals surface area contributed by atoms with Crippen LogP contribution >= 0.6 is 0 Å². The van der Waals surface area contributed by atoms with E-state index in [2.05, 4.69) is 0 Å². The van der Waals surface area contributed by atoms with Crippen molar-refractivity contribution in [3.8, 4) is 0 Å². The van der Waals surface area contributed by atoms with Crippen molar-refractivity contribution in [1.29, 1.82) is 0 Å². The van der Waals surface area contributed by atoms with E-state index in [0.29, 0.717) is 0 Å². The van der Waals surface area contributed by atoms with Gasteiger partial charge in [0.25, 0.3) is 0 Å². The van der Waals surface area contributed by atoms with Gasteiger partial charge in [-0.05, 0) is 0 Å². The molecule has 0 unspecified atom stereocenters. The summed E-state index contributed by atoms with van der Waals surface area (Å²) in [5.41, 5.74) is 0. The van der Waals surface area contributed by atoms with E-state index in [1.807, 2.05) is 0 Å². The van der Waals surface area contributed by atoms with E-state index in [0.717, 1.165) is 0 Å². The fraction of sp³-hybridized carbons (Fsp3) is 0. The van der Waals surface area contributed by atoms with Crippen LogP contribution in [0.4, 0.5) is 0 Å². The van der Waals surface area contributed by atoms with Gasteiger partial charge in [-0.15, -0.1) is 0 Å². The van der Waals surface area contributed by atoms with E-state index in [1.54, 1.807) is 0 Å². The standard InChI is InChI=1S/Mn.4H2O/h;4*1H2. The molecule has 8 N–H and O–H groups in total. The minimum absolute atomic E-state index is 0. The van der Waals surface area contributed by atoms with Gasteiger partial charge in [0.1, 0.15) is 0 Å². The van der Waals surface area contributed by atoms with Crippen molar-refractivity contribution in [2.45, 2.75) is 0 Å². The Balaban J connectivity index is 0. The van der Waals surface area contributed by atoms with Crippen molar-refractivity contribution in [3.63, 3.8) is 0 Å². The zero-order chi connectivity index (χ0) is 0. The monoisotopic (exact) mass is 127 g/mol. The second kappa shape index (κ2) is 381. The van der Waals surface area contributed by atoms with Crippen LogP contribution in [0.25, 0.3) is 0 Å². The van der Waals surface area contributed by atoms with Crippen LogP contribution < -0.4 is 0 Å². The molecule has 39 valence electrons. The number of rotatable bonds is 0. The first-order chi connectivity index (χ1) is 0. The van der Waals surface area contributed by atoms with E-state index >= 15 is 0 Å². The Morgan fingerprint density at radius 3 is 0.400 bits per heavy atom. The van der Waals surface area contributed by atoms with Gasteiger partial charge in [0.05, 0.1) is 0 Å². The second-order valence-corrected chi connectivity index (χ2v) is 0. The number of hydrogen-bond acceptors (Lipinski definition) is 0. The summed E-state index contributed by atoms with van der Waals surface area (Å²) in [5.74, 6) is 0. The van der Waals surface area contributed by atoms with Crippen molar-refractivity contribution < 1.29 is 39.0 Å². The van der Waals surface area contributed by atoms with Gasteiger partial charge in [-0.2, -0.15) is 0 Å². The zero-order valence-electron chi connectivity index (χ0n) is 2.38. The molecule has 4 nitrogen and oxygen atoms in total. The molecular formula is H8MnO4. The van der Waals surface area contributed by atoms with E-state index in [9.17, 15) is 0 Å². The van der Waals surface area contributed by atoms with Gasteiger partial charge in [0.2, 0.25) is 0 Å². The van der Waals surface area contributed by atoms with E-state index in [1.165, 1.54) is 0 Å². The molecule has 1 radical (unpaired) electrons. The Morgan fingerprint density at radius 1 is 0.400 bits per heavy atom. The first kappa shape index (κ1) is 788. The predicted molar refractivity (Wildman–Crippen MR) is 14.5 cm³/mol. The molecule has 0 aliphatic carbocycles. The Morgan fingerprint density at radius 2 is 0.400 bits per heavy atom. The fourth-order valence-electron chi connectivity index (χ4n) is 0. The molecule has 0 aromatic rings. The SMILES string of the molecule is O.O.O.O.[Mn]. The van der Waals surface area contributed by atoms with Crippen molar-refractivity contribution in [3.05, 3.63) is 0 Å². The van der Waals surface area contributed by atoms with Crippen LogP contribution in [0.15, 0.2) is 0 Å². The van der Waals surface area contributed by atoms with Crippen LogP contribution in [-0.2, 0) is 17.1 Å². The maximum atomic E-state index is 0. The van der Waals surface area contributed by atoms with Crippen LogP contribution in [0.3, 0.4) is 0 Å². The molecule has 0 saturated carbocycles. The van der Waals surface area contributed by atoms with Gasteiger partial charge in [0.15, 0.2) is 0 Å². The largest absolute Gasteiger partial charge is 0.412 e. The molecule has 0 rings (SSSR count). The van der Waals surface area contributed by atoms with Crippen molar-refractivity contribution in [2.24, 2.45) is 0 Å². The first-order valence-corrected chi connectivity index (χ1v) is 0. The van der Waals surface area contributed by atoms with Crippen molar-refractivity contribution in [2.75, 3.05) is 0 Å². The van der Waals surface area contributed by atoms with E-state index < -0.39 is 0 Å². The van der Waals surface area contributed by atoms with Gasteiger partial charge >= 0.3 is 0 Å². The van der Waals surface area contributed by atoms with Gasteiger partial charge in [-0.25, -0.2) is 0 Å². The quantitative estimate of drug-likeness (QED) is 0.302. The third kappa shape index (κ3) is 188. The molecule has 5 heavy (non-hydrogen) atoms. The van der Waals surface area contributed by atoms with E-state index in [4.69, 9.17) is 0 Å². The Kier molecular flexibility index (Phi) is 60000. The summed E-state index contributed by atoms with van der Waals surface area (Å²) < 4.78 is 0. The summed E-state index contributed by atoms with van der Waals surface area (Å²) in [6.07, 6.45) is 0. The Labute approximate surface area is 39.9 Å². The molecule has 0 heterocycles. The summed E-state index contributed by atoms with van der Waals surface area (Å²) in [7, 11) is 0. The summed E-state index contributed by atoms with van der Waals surface area (Å²) in [4.78, 5) is 0. The summed E-state index contributed by atoms with van der Waals surface area (Å²) >= 11 is 0. The molecule has 0 saturated heterocycles. The normalized spacial score (nSPS) is 0. The van der Waals surface area contributed by atoms with Crippen LogP contribution in [-0.4, -0.2) is 21.9 Å². The number of hydrogen-bond donors (Lipinski definition) is 0. The molecule has 0 spiro atoms. The molecule has 0 bridgehead atoms. The molecule has 0 aliphatic rings. The third-order valence-corrected chi connectivity index (χ3v) is 0. The van der Waals surface area contributed by atoms with E-state index in [-0.39, 0.29) is 39.0 Å². The van der Waals surface area contributed by atoms with Crippen LogP contribution in [0.1, 0.15) is 0 Å². The summed E-state index contributed by atoms with van der Waals surface area (Å²) in [5, 5.41) is 0. The van der Waals surface area contributed by atoms with Gasteiger partial charge in [-0.3, -0.25) is 0 Å². The minimum atomic E-state index is 0. The van der Waals surface area contributed by atoms with Crippen LogP contribution in [0, 0.1) is 0 Å².